The molecule has 0 saturated heterocycles. The van der Waals surface area contributed by atoms with Crippen LogP contribution in [-0.4, -0.2) is 12.2 Å². The smallest absolute Gasteiger partial charge is 0.138 e. The lowest BCUT2D eigenvalue weighted by Gasteiger charge is -2.40. The van der Waals surface area contributed by atoms with Crippen LogP contribution in [-0.2, 0) is 18.4 Å². The molecular weight excluding hydrogens is 318 g/mol. The van der Waals surface area contributed by atoms with Crippen molar-refractivity contribution in [2.24, 2.45) is 5.73 Å². The average molecular weight is 338 g/mol. The summed E-state index contributed by atoms with van der Waals surface area (Å²) < 4.78 is 13.3. The van der Waals surface area contributed by atoms with Gasteiger partial charge >= 0.3 is 0 Å². The molecule has 0 radical (unpaired) electrons. The Morgan fingerprint density at radius 1 is 1.05 bits per heavy atom. The van der Waals surface area contributed by atoms with E-state index in [1.54, 1.807) is 0 Å². The van der Waals surface area contributed by atoms with Crippen LogP contribution in [0.15, 0.2) is 4.47 Å². The van der Waals surface area contributed by atoms with Crippen molar-refractivity contribution in [3.8, 4) is 11.5 Å². The van der Waals surface area contributed by atoms with Crippen LogP contribution in [0, 0.1) is 0 Å². The topological polar surface area (TPSA) is 44.5 Å². The van der Waals surface area contributed by atoms with Gasteiger partial charge in [0.05, 0.1) is 4.47 Å². The van der Waals surface area contributed by atoms with E-state index in [2.05, 4.69) is 29.8 Å². The average Bonchev–Trinajstić information content (AvgIpc) is 2.90. The summed E-state index contributed by atoms with van der Waals surface area (Å²) in [4.78, 5) is 0. The van der Waals surface area contributed by atoms with Crippen LogP contribution in [0.4, 0.5) is 0 Å². The number of hydrogen-bond acceptors (Lipinski definition) is 3. The number of nitrogens with two attached hydrogens (primary N) is 1. The summed E-state index contributed by atoms with van der Waals surface area (Å²) in [6.07, 6.45) is 5.64. The first-order valence-electron chi connectivity index (χ1n) is 7.49. The summed E-state index contributed by atoms with van der Waals surface area (Å²) in [6.45, 7) is 4.24. The molecular formula is C16H20BrNO2. The molecule has 2 atom stereocenters. The second kappa shape index (κ2) is 4.14. The van der Waals surface area contributed by atoms with Crippen molar-refractivity contribution in [1.82, 2.24) is 0 Å². The van der Waals surface area contributed by atoms with Gasteiger partial charge in [0.15, 0.2) is 0 Å². The molecule has 2 heterocycles. The maximum atomic E-state index is 6.66. The van der Waals surface area contributed by atoms with Gasteiger partial charge in [-0.25, -0.2) is 0 Å². The molecule has 1 aromatic carbocycles. The van der Waals surface area contributed by atoms with Crippen LogP contribution in [0.3, 0.4) is 0 Å². The van der Waals surface area contributed by atoms with Crippen LogP contribution in [0.1, 0.15) is 49.8 Å². The molecule has 3 aliphatic rings. The Labute approximate surface area is 127 Å². The summed E-state index contributed by atoms with van der Waals surface area (Å²) in [5.41, 5.74) is 10.2. The zero-order chi connectivity index (χ0) is 14.1. The molecule has 0 aromatic heterocycles. The Hall–Kier alpha value is -0.740. The van der Waals surface area contributed by atoms with Crippen molar-refractivity contribution in [3.63, 3.8) is 0 Å². The van der Waals surface area contributed by atoms with Crippen molar-refractivity contribution in [2.45, 2.75) is 63.7 Å². The highest BCUT2D eigenvalue weighted by Crippen LogP contribution is 2.55. The van der Waals surface area contributed by atoms with Crippen molar-refractivity contribution in [2.75, 3.05) is 0 Å². The van der Waals surface area contributed by atoms with Gasteiger partial charge in [-0.3, -0.25) is 0 Å². The molecule has 1 aromatic rings. The van der Waals surface area contributed by atoms with Gasteiger partial charge in [0.2, 0.25) is 0 Å². The van der Waals surface area contributed by atoms with Crippen LogP contribution in [0.2, 0.25) is 0 Å². The highest BCUT2D eigenvalue weighted by Gasteiger charge is 2.45. The lowest BCUT2D eigenvalue weighted by Crippen LogP contribution is -2.44. The predicted octanol–water partition coefficient (Wildman–Crippen LogP) is 3.43. The summed E-state index contributed by atoms with van der Waals surface area (Å²) in [7, 11) is 0. The molecule has 0 spiro atoms. The van der Waals surface area contributed by atoms with Crippen molar-refractivity contribution in [1.29, 1.82) is 0 Å². The number of ether oxygens (including phenoxy) is 2. The number of rotatable bonds is 1. The van der Waals surface area contributed by atoms with E-state index in [-0.39, 0.29) is 17.7 Å². The normalized spacial score (nSPS) is 29.2. The first-order chi connectivity index (χ1) is 9.49. The Kier molecular flexibility index (Phi) is 2.68. The highest BCUT2D eigenvalue weighted by atomic mass is 79.9. The van der Waals surface area contributed by atoms with E-state index in [4.69, 9.17) is 15.2 Å². The van der Waals surface area contributed by atoms with E-state index < -0.39 is 0 Å². The van der Waals surface area contributed by atoms with Gasteiger partial charge in [0.1, 0.15) is 23.7 Å². The fourth-order valence-electron chi connectivity index (χ4n) is 3.80. The van der Waals surface area contributed by atoms with E-state index in [0.29, 0.717) is 0 Å². The van der Waals surface area contributed by atoms with Gasteiger partial charge in [-0.15, -0.1) is 0 Å². The molecule has 0 bridgehead atoms. The molecule has 4 heteroatoms. The largest absolute Gasteiger partial charge is 0.490 e. The lowest BCUT2D eigenvalue weighted by atomic mass is 9.70. The first-order valence-corrected chi connectivity index (χ1v) is 8.29. The predicted molar refractivity (Wildman–Crippen MR) is 81.4 cm³/mol. The van der Waals surface area contributed by atoms with Gasteiger partial charge in [-0.05, 0) is 49.0 Å². The third-order valence-electron chi connectivity index (χ3n) is 4.91. The third kappa shape index (κ3) is 1.61. The third-order valence-corrected chi connectivity index (χ3v) is 5.74. The minimum absolute atomic E-state index is 0.202. The first kappa shape index (κ1) is 13.0. The molecule has 1 fully saturated rings. The summed E-state index contributed by atoms with van der Waals surface area (Å²) in [5.74, 6) is 2.06. The Morgan fingerprint density at radius 3 is 2.25 bits per heavy atom. The Balaban J connectivity index is 1.98. The molecule has 2 aliphatic heterocycles. The molecule has 2 N–H and O–H groups in total. The fraction of sp³-hybridized carbons (Fsp3) is 0.625. The molecule has 1 aliphatic carbocycles. The van der Waals surface area contributed by atoms with Crippen LogP contribution in [0.5, 0.6) is 11.5 Å². The highest BCUT2D eigenvalue weighted by molar-refractivity contribution is 9.10. The number of fused-ring (bicyclic) bond motifs is 2. The van der Waals surface area contributed by atoms with E-state index >= 15 is 0 Å². The van der Waals surface area contributed by atoms with Crippen molar-refractivity contribution >= 4 is 15.9 Å². The minimum atomic E-state index is -0.202. The van der Waals surface area contributed by atoms with Crippen LogP contribution in [0.25, 0.3) is 0 Å². The minimum Gasteiger partial charge on any atom is -0.490 e. The quantitative estimate of drug-likeness (QED) is 0.853. The van der Waals surface area contributed by atoms with Gasteiger partial charge in [-0.2, -0.15) is 0 Å². The Morgan fingerprint density at radius 2 is 1.65 bits per heavy atom. The van der Waals surface area contributed by atoms with Gasteiger partial charge in [0.25, 0.3) is 0 Å². The van der Waals surface area contributed by atoms with Crippen LogP contribution < -0.4 is 15.2 Å². The number of halogens is 1. The second-order valence-corrected chi connectivity index (χ2v) is 7.37. The molecule has 3 nitrogen and oxygen atoms in total. The maximum absolute atomic E-state index is 6.66. The van der Waals surface area contributed by atoms with Gasteiger partial charge in [-0.1, -0.05) is 0 Å². The van der Waals surface area contributed by atoms with E-state index in [1.807, 2.05) is 0 Å². The number of hydrogen-bond donors (Lipinski definition) is 1. The maximum Gasteiger partial charge on any atom is 0.138 e. The van der Waals surface area contributed by atoms with Gasteiger partial charge < -0.3 is 15.2 Å². The summed E-state index contributed by atoms with van der Waals surface area (Å²) in [6, 6.07) is 0. The molecule has 1 saturated carbocycles. The standard InChI is InChI=1S/C16H20BrNO2/c1-8-6-10-12(16(18)4-3-5-16)14-11(7-9(2)19-14)13(17)15(10)20-8/h8-9H,3-7,18H2,1-2H3. The fourth-order valence-corrected chi connectivity index (χ4v) is 4.47. The zero-order valence-corrected chi connectivity index (χ0v) is 13.5. The van der Waals surface area contributed by atoms with E-state index in [1.165, 1.54) is 23.1 Å². The zero-order valence-electron chi connectivity index (χ0n) is 12.0. The van der Waals surface area contributed by atoms with Crippen molar-refractivity contribution in [3.05, 3.63) is 21.2 Å². The van der Waals surface area contributed by atoms with Gasteiger partial charge in [0, 0.05) is 35.1 Å². The molecule has 4 rings (SSSR count). The molecule has 0 amide bonds. The SMILES string of the molecule is CC1Cc2c(c(Br)c3c(c2C2(N)CCC2)OC(C)C3)O1. The molecule has 108 valence electrons. The van der Waals surface area contributed by atoms with Crippen LogP contribution >= 0.6 is 15.9 Å². The lowest BCUT2D eigenvalue weighted by molar-refractivity contribution is 0.218. The number of benzene rings is 1. The molecule has 20 heavy (non-hydrogen) atoms. The van der Waals surface area contributed by atoms with E-state index in [9.17, 15) is 0 Å². The monoisotopic (exact) mass is 337 g/mol. The summed E-state index contributed by atoms with van der Waals surface area (Å²) in [5, 5.41) is 0. The van der Waals surface area contributed by atoms with E-state index in [0.717, 1.165) is 41.7 Å². The van der Waals surface area contributed by atoms with Crippen molar-refractivity contribution < 1.29 is 9.47 Å². The molecule has 2 unspecified atom stereocenters. The Bertz CT molecular complexity index is 556. The second-order valence-electron chi connectivity index (χ2n) is 6.58. The summed E-state index contributed by atoms with van der Waals surface area (Å²) >= 11 is 3.73.